The first-order chi connectivity index (χ1) is 19.5. The van der Waals surface area contributed by atoms with Crippen molar-refractivity contribution < 1.29 is 22.7 Å². The molecule has 8 nitrogen and oxygen atoms in total. The highest BCUT2D eigenvalue weighted by Gasteiger charge is 2.33. The average molecular weight is 621 g/mol. The molecule has 41 heavy (non-hydrogen) atoms. The summed E-state index contributed by atoms with van der Waals surface area (Å²) in [5, 5.41) is 3.53. The molecule has 3 aromatic carbocycles. The van der Waals surface area contributed by atoms with Gasteiger partial charge in [-0.25, -0.2) is 8.42 Å². The minimum atomic E-state index is -4.18. The predicted molar refractivity (Wildman–Crippen MR) is 163 cm³/mol. The van der Waals surface area contributed by atoms with E-state index in [4.69, 9.17) is 27.9 Å². The van der Waals surface area contributed by atoms with Crippen molar-refractivity contribution in [3.8, 4) is 5.75 Å². The van der Waals surface area contributed by atoms with Crippen molar-refractivity contribution in [1.82, 2.24) is 10.2 Å². The number of carbonyl (C=O) groups excluding carboxylic acids is 2. The van der Waals surface area contributed by atoms with Crippen LogP contribution in [0.25, 0.3) is 0 Å². The van der Waals surface area contributed by atoms with Gasteiger partial charge in [0.25, 0.3) is 10.0 Å². The Morgan fingerprint density at radius 2 is 1.61 bits per heavy atom. The molecule has 0 saturated carbocycles. The van der Waals surface area contributed by atoms with Crippen molar-refractivity contribution in [3.05, 3.63) is 87.9 Å². The van der Waals surface area contributed by atoms with Crippen LogP contribution in [0.3, 0.4) is 0 Å². The number of anilines is 1. The number of nitrogens with one attached hydrogen (secondary N) is 1. The van der Waals surface area contributed by atoms with E-state index in [0.29, 0.717) is 40.0 Å². The zero-order valence-corrected chi connectivity index (χ0v) is 25.9. The number of sulfonamides is 1. The second kappa shape index (κ2) is 14.6. The molecule has 0 aliphatic carbocycles. The molecule has 1 atom stereocenters. The fraction of sp³-hybridized carbons (Fsp3) is 0.333. The van der Waals surface area contributed by atoms with E-state index in [1.165, 1.54) is 24.1 Å². The monoisotopic (exact) mass is 619 g/mol. The lowest BCUT2D eigenvalue weighted by Gasteiger charge is -2.33. The Balaban J connectivity index is 2.06. The molecule has 0 aliphatic heterocycles. The number of hydrogen-bond acceptors (Lipinski definition) is 5. The topological polar surface area (TPSA) is 96.0 Å². The van der Waals surface area contributed by atoms with Gasteiger partial charge in [-0.15, -0.1) is 0 Å². The summed E-state index contributed by atoms with van der Waals surface area (Å²) in [6.45, 7) is 5.57. The third-order valence-corrected chi connectivity index (χ3v) is 9.05. The lowest BCUT2D eigenvalue weighted by molar-refractivity contribution is -0.140. The molecule has 11 heteroatoms. The van der Waals surface area contributed by atoms with Crippen LogP contribution in [0, 0.1) is 6.92 Å². The Morgan fingerprint density at radius 3 is 2.17 bits per heavy atom. The van der Waals surface area contributed by atoms with Gasteiger partial charge in [-0.3, -0.25) is 13.9 Å². The Hall–Kier alpha value is -3.27. The van der Waals surface area contributed by atoms with Gasteiger partial charge >= 0.3 is 0 Å². The van der Waals surface area contributed by atoms with E-state index in [1.54, 1.807) is 61.5 Å². The first kappa shape index (κ1) is 32.2. The molecule has 0 saturated heterocycles. The number of rotatable bonds is 13. The molecule has 0 unspecified atom stereocenters. The molecule has 0 aliphatic rings. The molecule has 0 fully saturated rings. The smallest absolute Gasteiger partial charge is 0.264 e. The van der Waals surface area contributed by atoms with Crippen molar-refractivity contribution in [3.63, 3.8) is 0 Å². The minimum absolute atomic E-state index is 0.00422. The maximum Gasteiger partial charge on any atom is 0.264 e. The second-order valence-corrected chi connectivity index (χ2v) is 12.2. The lowest BCUT2D eigenvalue weighted by atomic mass is 10.1. The summed E-state index contributed by atoms with van der Waals surface area (Å²) >= 11 is 12.3. The van der Waals surface area contributed by atoms with Gasteiger partial charge in [0.05, 0.1) is 27.7 Å². The lowest BCUT2D eigenvalue weighted by Crippen LogP contribution is -2.52. The van der Waals surface area contributed by atoms with E-state index in [2.05, 4.69) is 5.32 Å². The van der Waals surface area contributed by atoms with E-state index in [1.807, 2.05) is 13.8 Å². The Labute approximate surface area is 252 Å². The quantitative estimate of drug-likeness (QED) is 0.259. The van der Waals surface area contributed by atoms with Crippen molar-refractivity contribution in [2.24, 2.45) is 0 Å². The molecule has 3 aromatic rings. The van der Waals surface area contributed by atoms with E-state index in [0.717, 1.165) is 16.3 Å². The summed E-state index contributed by atoms with van der Waals surface area (Å²) in [5.74, 6) is -0.367. The summed E-state index contributed by atoms with van der Waals surface area (Å²) in [5.41, 5.74) is 1.90. The van der Waals surface area contributed by atoms with Gasteiger partial charge in [0.2, 0.25) is 11.8 Å². The molecule has 0 aromatic heterocycles. The van der Waals surface area contributed by atoms with E-state index < -0.39 is 28.5 Å². The van der Waals surface area contributed by atoms with Crippen LogP contribution < -0.4 is 14.4 Å². The number of hydrogen-bond donors (Lipinski definition) is 1. The highest BCUT2D eigenvalue weighted by atomic mass is 35.5. The molecule has 1 N–H and O–H groups in total. The summed E-state index contributed by atoms with van der Waals surface area (Å²) in [6.07, 6.45) is 1.04. The predicted octanol–water partition coefficient (Wildman–Crippen LogP) is 5.84. The number of aryl methyl sites for hydroxylation is 1. The number of methoxy groups -OCH3 is 1. The maximum atomic E-state index is 14.1. The van der Waals surface area contributed by atoms with Crippen molar-refractivity contribution in [2.45, 2.75) is 51.1 Å². The molecular weight excluding hydrogens is 585 g/mol. The van der Waals surface area contributed by atoms with E-state index in [9.17, 15) is 18.0 Å². The third-order valence-electron chi connectivity index (χ3n) is 6.52. The maximum absolute atomic E-state index is 14.1. The average Bonchev–Trinajstić information content (AvgIpc) is 2.96. The van der Waals surface area contributed by atoms with E-state index in [-0.39, 0.29) is 17.3 Å². The zero-order valence-electron chi connectivity index (χ0n) is 23.6. The number of nitrogens with zero attached hydrogens (tertiary/aromatic N) is 2. The number of benzene rings is 3. The first-order valence-electron chi connectivity index (χ1n) is 13.3. The van der Waals surface area contributed by atoms with E-state index >= 15 is 0 Å². The molecule has 0 radical (unpaired) electrons. The molecule has 0 spiro atoms. The van der Waals surface area contributed by atoms with Crippen LogP contribution in [0.4, 0.5) is 5.69 Å². The van der Waals surface area contributed by atoms with Gasteiger partial charge < -0.3 is 15.0 Å². The van der Waals surface area contributed by atoms with Crippen LogP contribution >= 0.6 is 23.2 Å². The summed E-state index contributed by atoms with van der Waals surface area (Å²) < 4.78 is 34.1. The van der Waals surface area contributed by atoms with Crippen LogP contribution in [-0.2, 0) is 26.2 Å². The highest BCUT2D eigenvalue weighted by molar-refractivity contribution is 7.92. The van der Waals surface area contributed by atoms with Crippen LogP contribution in [0.1, 0.15) is 37.8 Å². The molecule has 2 amide bonds. The summed E-state index contributed by atoms with van der Waals surface area (Å²) in [6, 6.07) is 16.9. The van der Waals surface area contributed by atoms with Gasteiger partial charge in [0.1, 0.15) is 18.3 Å². The van der Waals surface area contributed by atoms with Gasteiger partial charge in [-0.2, -0.15) is 0 Å². The number of halogens is 2. The largest absolute Gasteiger partial charge is 0.497 e. The normalized spacial score (nSPS) is 12.0. The molecule has 0 bridgehead atoms. The molecule has 220 valence electrons. The summed E-state index contributed by atoms with van der Waals surface area (Å²) in [7, 11) is -2.69. The first-order valence-corrected chi connectivity index (χ1v) is 15.5. The van der Waals surface area contributed by atoms with Crippen LogP contribution in [0.5, 0.6) is 5.75 Å². The van der Waals surface area contributed by atoms with Gasteiger partial charge in [0.15, 0.2) is 0 Å². The highest BCUT2D eigenvalue weighted by Crippen LogP contribution is 2.27. The van der Waals surface area contributed by atoms with Crippen LogP contribution in [0.15, 0.2) is 71.6 Å². The van der Waals surface area contributed by atoms with Gasteiger partial charge in [-0.1, -0.05) is 60.8 Å². The number of carbonyl (C=O) groups is 2. The van der Waals surface area contributed by atoms with Gasteiger partial charge in [-0.05, 0) is 73.9 Å². The minimum Gasteiger partial charge on any atom is -0.497 e. The SMILES string of the molecule is CCCNC(=O)[C@@H](CC)N(Cc1ccc(Cl)c(Cl)c1)C(=O)CN(c1ccc(C)cc1)S(=O)(=O)c1ccc(OC)cc1. The summed E-state index contributed by atoms with van der Waals surface area (Å²) in [4.78, 5) is 28.6. The number of amides is 2. The van der Waals surface area contributed by atoms with Crippen LogP contribution in [0.2, 0.25) is 10.0 Å². The number of ether oxygens (including phenoxy) is 1. The Bertz CT molecular complexity index is 1450. The van der Waals surface area contributed by atoms with Crippen molar-refractivity contribution >= 4 is 50.7 Å². The fourth-order valence-electron chi connectivity index (χ4n) is 4.23. The molecule has 0 heterocycles. The van der Waals surface area contributed by atoms with Crippen molar-refractivity contribution in [2.75, 3.05) is 24.5 Å². The Kier molecular flexibility index (Phi) is 11.5. The molecular formula is C30H35Cl2N3O5S. The second-order valence-electron chi connectivity index (χ2n) is 9.51. The fourth-order valence-corrected chi connectivity index (χ4v) is 5.97. The van der Waals surface area contributed by atoms with Crippen molar-refractivity contribution in [1.29, 1.82) is 0 Å². The van der Waals surface area contributed by atoms with Gasteiger partial charge in [0, 0.05) is 13.1 Å². The Morgan fingerprint density at radius 1 is 0.951 bits per heavy atom. The zero-order chi connectivity index (χ0) is 30.2. The van der Waals surface area contributed by atoms with Crippen LogP contribution in [-0.4, -0.2) is 51.4 Å². The molecule has 3 rings (SSSR count). The third kappa shape index (κ3) is 8.15. The standard InChI is InChI=1S/C30H35Cl2N3O5S/c1-5-17-33-30(37)28(6-2)34(19-22-9-16-26(31)27(32)18-22)29(36)20-35(23-10-7-21(3)8-11-23)41(38,39)25-14-12-24(40-4)13-15-25/h7-16,18,28H,5-6,17,19-20H2,1-4H3,(H,33,37)/t28-/m1/s1.